The van der Waals surface area contributed by atoms with Gasteiger partial charge >= 0.3 is 0 Å². The van der Waals surface area contributed by atoms with Crippen LogP contribution in [0.5, 0.6) is 5.75 Å². The van der Waals surface area contributed by atoms with Crippen LogP contribution in [0.15, 0.2) is 30.3 Å². The summed E-state index contributed by atoms with van der Waals surface area (Å²) in [6.45, 7) is 5.57. The lowest BCUT2D eigenvalue weighted by Gasteiger charge is -2.16. The summed E-state index contributed by atoms with van der Waals surface area (Å²) < 4.78 is 5.54. The van der Waals surface area contributed by atoms with Crippen LogP contribution in [0.4, 0.5) is 0 Å². The number of rotatable bonds is 6. The number of nitrogens with zero attached hydrogens (tertiary/aromatic N) is 2. The van der Waals surface area contributed by atoms with E-state index in [0.717, 1.165) is 23.6 Å². The molecule has 2 unspecified atom stereocenters. The van der Waals surface area contributed by atoms with Gasteiger partial charge in [0.2, 0.25) is 0 Å². The number of aliphatic hydroxyl groups excluding tert-OH is 1. The number of benzene rings is 1. The van der Waals surface area contributed by atoms with Crippen molar-refractivity contribution in [2.24, 2.45) is 5.92 Å². The summed E-state index contributed by atoms with van der Waals surface area (Å²) in [6.07, 6.45) is 1.09. The lowest BCUT2D eigenvalue weighted by Crippen LogP contribution is -2.29. The van der Waals surface area contributed by atoms with E-state index in [9.17, 15) is 9.90 Å². The van der Waals surface area contributed by atoms with E-state index < -0.39 is 6.10 Å². The highest BCUT2D eigenvalue weighted by Gasteiger charge is 2.34. The average molecular weight is 343 g/mol. The number of aliphatic hydroxyl groups is 1. The van der Waals surface area contributed by atoms with Crippen LogP contribution in [0.2, 0.25) is 0 Å². The largest absolute Gasteiger partial charge is 0.494 e. The molecule has 0 spiro atoms. The molecule has 134 valence electrons. The molecular formula is C19H25N3O3. The number of amides is 1. The molecule has 6 heteroatoms. The first-order chi connectivity index (χ1) is 12.1. The van der Waals surface area contributed by atoms with E-state index in [-0.39, 0.29) is 11.8 Å². The maximum Gasteiger partial charge on any atom is 0.253 e. The normalized spacial score (nSPS) is 20.0. The van der Waals surface area contributed by atoms with Crippen LogP contribution in [0, 0.1) is 12.8 Å². The summed E-state index contributed by atoms with van der Waals surface area (Å²) in [5.41, 5.74) is 2.54. The second-order valence-electron chi connectivity index (χ2n) is 6.66. The van der Waals surface area contributed by atoms with Crippen molar-refractivity contribution in [3.05, 3.63) is 47.3 Å². The predicted molar refractivity (Wildman–Crippen MR) is 94.7 cm³/mol. The molecule has 1 aromatic heterocycles. The first-order valence-corrected chi connectivity index (χ1v) is 8.78. The number of aromatic amines is 1. The number of carbonyl (C=O) groups is 1. The monoisotopic (exact) mass is 343 g/mol. The van der Waals surface area contributed by atoms with E-state index in [2.05, 4.69) is 17.1 Å². The summed E-state index contributed by atoms with van der Waals surface area (Å²) >= 11 is 0. The van der Waals surface area contributed by atoms with E-state index in [1.165, 1.54) is 0 Å². The number of H-pyrrole nitrogens is 1. The van der Waals surface area contributed by atoms with Crippen LogP contribution in [-0.2, 0) is 6.42 Å². The van der Waals surface area contributed by atoms with Crippen molar-refractivity contribution in [3.8, 4) is 5.75 Å². The summed E-state index contributed by atoms with van der Waals surface area (Å²) in [5, 5.41) is 17.4. The molecule has 0 bridgehead atoms. The van der Waals surface area contributed by atoms with Crippen LogP contribution < -0.4 is 4.74 Å². The van der Waals surface area contributed by atoms with Gasteiger partial charge in [-0.25, -0.2) is 0 Å². The number of hydrogen-bond acceptors (Lipinski definition) is 4. The van der Waals surface area contributed by atoms with E-state index in [0.29, 0.717) is 31.7 Å². The standard InChI is InChI=1S/C19H25N3O3/c1-3-8-25-17-6-4-14(5-7-17)19(24)22-11-15(18(23)12-22)10-16-9-13(2)20-21-16/h4-7,9,15,18,23H,3,8,10-12H2,1-2H3,(H,20,21). The minimum Gasteiger partial charge on any atom is -0.494 e. The minimum atomic E-state index is -0.520. The predicted octanol–water partition coefficient (Wildman–Crippen LogP) is 2.18. The van der Waals surface area contributed by atoms with Crippen molar-refractivity contribution >= 4 is 5.91 Å². The quantitative estimate of drug-likeness (QED) is 0.843. The second-order valence-corrected chi connectivity index (χ2v) is 6.66. The molecule has 1 aliphatic rings. The zero-order valence-electron chi connectivity index (χ0n) is 14.7. The smallest absolute Gasteiger partial charge is 0.253 e. The molecule has 2 N–H and O–H groups in total. The molecule has 1 aromatic carbocycles. The molecule has 1 amide bonds. The lowest BCUT2D eigenvalue weighted by molar-refractivity contribution is 0.0764. The number of ether oxygens (including phenoxy) is 1. The molecule has 0 saturated carbocycles. The van der Waals surface area contributed by atoms with Gasteiger partial charge in [0.1, 0.15) is 5.75 Å². The van der Waals surface area contributed by atoms with E-state index >= 15 is 0 Å². The summed E-state index contributed by atoms with van der Waals surface area (Å²) in [6, 6.07) is 9.18. The average Bonchev–Trinajstić information content (AvgIpc) is 3.19. The SMILES string of the molecule is CCCOc1ccc(C(=O)N2CC(O)C(Cc3cc(C)[nH]n3)C2)cc1. The Balaban J connectivity index is 1.61. The summed E-state index contributed by atoms with van der Waals surface area (Å²) in [7, 11) is 0. The van der Waals surface area contributed by atoms with E-state index in [1.807, 2.05) is 25.1 Å². The highest BCUT2D eigenvalue weighted by atomic mass is 16.5. The van der Waals surface area contributed by atoms with Gasteiger partial charge in [-0.05, 0) is 50.1 Å². The third-order valence-corrected chi connectivity index (χ3v) is 4.50. The molecular weight excluding hydrogens is 318 g/mol. The Labute approximate surface area is 147 Å². The van der Waals surface area contributed by atoms with Crippen molar-refractivity contribution < 1.29 is 14.6 Å². The molecule has 0 aliphatic carbocycles. The maximum atomic E-state index is 12.7. The van der Waals surface area contributed by atoms with Crippen LogP contribution in [-0.4, -0.2) is 51.9 Å². The van der Waals surface area contributed by atoms with Gasteiger partial charge in [0, 0.05) is 30.3 Å². The first-order valence-electron chi connectivity index (χ1n) is 8.78. The topological polar surface area (TPSA) is 78.5 Å². The van der Waals surface area contributed by atoms with Gasteiger partial charge in [-0.15, -0.1) is 0 Å². The number of aromatic nitrogens is 2. The van der Waals surface area contributed by atoms with Crippen LogP contribution in [0.1, 0.15) is 35.1 Å². The fourth-order valence-corrected chi connectivity index (χ4v) is 3.16. The Kier molecular flexibility index (Phi) is 5.38. The van der Waals surface area contributed by atoms with Crippen molar-refractivity contribution in [2.75, 3.05) is 19.7 Å². The number of β-amino-alcohol motifs (C(OH)–C–C–N with tert-alkyl or cyclic N) is 1. The lowest BCUT2D eigenvalue weighted by atomic mass is 10.0. The summed E-state index contributed by atoms with van der Waals surface area (Å²) in [5.74, 6) is 0.729. The molecule has 1 saturated heterocycles. The Morgan fingerprint density at radius 1 is 1.36 bits per heavy atom. The Morgan fingerprint density at radius 2 is 2.12 bits per heavy atom. The number of nitrogens with one attached hydrogen (secondary N) is 1. The van der Waals surface area contributed by atoms with Gasteiger partial charge in [-0.3, -0.25) is 9.89 Å². The second kappa shape index (κ2) is 7.70. The van der Waals surface area contributed by atoms with Crippen LogP contribution >= 0.6 is 0 Å². The molecule has 1 fully saturated rings. The number of carbonyl (C=O) groups excluding carboxylic acids is 1. The minimum absolute atomic E-state index is 0.0128. The fraction of sp³-hybridized carbons (Fsp3) is 0.474. The zero-order chi connectivity index (χ0) is 17.8. The van der Waals surface area contributed by atoms with Gasteiger partial charge in [-0.2, -0.15) is 5.10 Å². The summed E-state index contributed by atoms with van der Waals surface area (Å²) in [4.78, 5) is 14.4. The number of likely N-dealkylation sites (tertiary alicyclic amines) is 1. The van der Waals surface area contributed by atoms with Gasteiger partial charge < -0.3 is 14.7 Å². The molecule has 2 aromatic rings. The molecule has 25 heavy (non-hydrogen) atoms. The third-order valence-electron chi connectivity index (χ3n) is 4.50. The zero-order valence-corrected chi connectivity index (χ0v) is 14.7. The van der Waals surface area contributed by atoms with Crippen molar-refractivity contribution in [1.82, 2.24) is 15.1 Å². The van der Waals surface area contributed by atoms with E-state index in [1.54, 1.807) is 17.0 Å². The molecule has 6 nitrogen and oxygen atoms in total. The Bertz CT molecular complexity index is 711. The highest BCUT2D eigenvalue weighted by molar-refractivity contribution is 5.94. The number of aryl methyl sites for hydroxylation is 1. The van der Waals surface area contributed by atoms with Crippen LogP contribution in [0.3, 0.4) is 0 Å². The number of hydrogen-bond donors (Lipinski definition) is 2. The Morgan fingerprint density at radius 3 is 2.76 bits per heavy atom. The van der Waals surface area contributed by atoms with Gasteiger partial charge in [0.15, 0.2) is 0 Å². The Hall–Kier alpha value is -2.34. The van der Waals surface area contributed by atoms with Gasteiger partial charge in [0.25, 0.3) is 5.91 Å². The molecule has 2 heterocycles. The van der Waals surface area contributed by atoms with Crippen molar-refractivity contribution in [2.45, 2.75) is 32.8 Å². The van der Waals surface area contributed by atoms with Crippen molar-refractivity contribution in [1.29, 1.82) is 0 Å². The fourth-order valence-electron chi connectivity index (χ4n) is 3.16. The maximum absolute atomic E-state index is 12.7. The highest BCUT2D eigenvalue weighted by Crippen LogP contribution is 2.23. The molecule has 1 aliphatic heterocycles. The van der Waals surface area contributed by atoms with Crippen LogP contribution in [0.25, 0.3) is 0 Å². The first kappa shape index (κ1) is 17.5. The molecule has 3 rings (SSSR count). The van der Waals surface area contributed by atoms with Gasteiger partial charge in [-0.1, -0.05) is 6.92 Å². The third kappa shape index (κ3) is 4.20. The molecule has 2 atom stereocenters. The van der Waals surface area contributed by atoms with Crippen molar-refractivity contribution in [3.63, 3.8) is 0 Å². The molecule has 0 radical (unpaired) electrons. The van der Waals surface area contributed by atoms with E-state index in [4.69, 9.17) is 4.74 Å². The van der Waals surface area contributed by atoms with Gasteiger partial charge in [0.05, 0.1) is 18.4 Å².